The summed E-state index contributed by atoms with van der Waals surface area (Å²) in [6.07, 6.45) is 1.72. The van der Waals surface area contributed by atoms with Crippen LogP contribution >= 0.6 is 11.8 Å². The number of aliphatic imine (C=N–C) groups is 1. The third-order valence-electron chi connectivity index (χ3n) is 5.18. The topological polar surface area (TPSA) is 69.7 Å². The van der Waals surface area contributed by atoms with E-state index in [1.807, 2.05) is 19.1 Å². The van der Waals surface area contributed by atoms with Crippen LogP contribution in [0.4, 0.5) is 4.39 Å². The number of nitrogens with zero attached hydrogens (tertiary/aromatic N) is 2. The molecule has 0 spiro atoms. The number of aromatic nitrogens is 1. The second kappa shape index (κ2) is 6.55. The first kappa shape index (κ1) is 17.3. The molecule has 0 bridgehead atoms. The van der Waals surface area contributed by atoms with Gasteiger partial charge in [-0.3, -0.25) is 0 Å². The van der Waals surface area contributed by atoms with Gasteiger partial charge in [0.1, 0.15) is 11.4 Å². The Morgan fingerprint density at radius 2 is 2.12 bits per heavy atom. The zero-order valence-electron chi connectivity index (χ0n) is 14.6. The molecule has 0 aliphatic carbocycles. The molecule has 136 valence electrons. The van der Waals surface area contributed by atoms with Crippen LogP contribution in [0.1, 0.15) is 12.5 Å². The van der Waals surface area contributed by atoms with Crippen molar-refractivity contribution in [1.82, 2.24) is 4.98 Å². The molecular weight excluding hydrogens is 353 g/mol. The highest BCUT2D eigenvalue weighted by Gasteiger charge is 2.52. The van der Waals surface area contributed by atoms with Crippen molar-refractivity contribution in [2.75, 3.05) is 19.5 Å². The van der Waals surface area contributed by atoms with Crippen LogP contribution in [0.3, 0.4) is 0 Å². The molecule has 1 aromatic carbocycles. The molecule has 0 amide bonds. The lowest BCUT2D eigenvalue weighted by molar-refractivity contribution is 0.107. The van der Waals surface area contributed by atoms with E-state index < -0.39 is 5.54 Å². The van der Waals surface area contributed by atoms with Crippen LogP contribution in [0.15, 0.2) is 41.5 Å². The van der Waals surface area contributed by atoms with Gasteiger partial charge in [0.25, 0.3) is 0 Å². The van der Waals surface area contributed by atoms with E-state index in [0.29, 0.717) is 23.2 Å². The molecule has 4 rings (SSSR count). The van der Waals surface area contributed by atoms with Crippen LogP contribution < -0.4 is 10.5 Å². The van der Waals surface area contributed by atoms with Gasteiger partial charge in [0.15, 0.2) is 5.17 Å². The number of thioether (sulfide) groups is 1. The quantitative estimate of drug-likeness (QED) is 0.895. The molecular formula is C19H20FN3O2S. The van der Waals surface area contributed by atoms with Crippen LogP contribution in [0.5, 0.6) is 5.88 Å². The van der Waals surface area contributed by atoms with Crippen LogP contribution in [0.25, 0.3) is 11.1 Å². The van der Waals surface area contributed by atoms with Crippen molar-refractivity contribution >= 4 is 16.9 Å². The van der Waals surface area contributed by atoms with Crippen LogP contribution in [-0.2, 0) is 10.3 Å². The first-order valence-corrected chi connectivity index (χ1v) is 9.42. The van der Waals surface area contributed by atoms with E-state index in [2.05, 4.69) is 9.98 Å². The fraction of sp³-hybridized carbons (Fsp3) is 0.368. The molecule has 0 radical (unpaired) electrons. The summed E-state index contributed by atoms with van der Waals surface area (Å²) >= 11 is 1.50. The Hall–Kier alpha value is -2.12. The van der Waals surface area contributed by atoms with E-state index in [1.165, 1.54) is 17.8 Å². The standard InChI is InChI=1S/C19H20FN3O2S/c1-11-15-9-26-18(21)23-19(15,10-25-11)14-7-12(3-5-16(14)20)13-4-6-17(24-2)22-8-13/h3-8,11,15H,9-10H2,1-2H3,(H2,21,23)/t11-,15-,19-/m1/s1. The Kier molecular flexibility index (Phi) is 4.36. The van der Waals surface area contributed by atoms with Gasteiger partial charge < -0.3 is 15.2 Å². The van der Waals surface area contributed by atoms with E-state index in [1.54, 1.807) is 25.4 Å². The number of methoxy groups -OCH3 is 1. The Labute approximate surface area is 155 Å². The minimum absolute atomic E-state index is 0.00468. The SMILES string of the molecule is COc1ccc(-c2ccc(F)c([C@]34CO[C@H](C)[C@H]3CSC(N)=N4)c2)cn1. The number of fused-ring (bicyclic) bond motifs is 1. The maximum Gasteiger partial charge on any atom is 0.212 e. The minimum Gasteiger partial charge on any atom is -0.481 e. The molecule has 7 heteroatoms. The lowest BCUT2D eigenvalue weighted by Crippen LogP contribution is -2.41. The molecule has 2 aliphatic rings. The second-order valence-electron chi connectivity index (χ2n) is 6.59. The van der Waals surface area contributed by atoms with Gasteiger partial charge in [-0.1, -0.05) is 17.8 Å². The van der Waals surface area contributed by atoms with Crippen molar-refractivity contribution in [1.29, 1.82) is 0 Å². The molecule has 1 aromatic heterocycles. The van der Waals surface area contributed by atoms with Crippen molar-refractivity contribution in [2.45, 2.75) is 18.6 Å². The van der Waals surface area contributed by atoms with E-state index >= 15 is 0 Å². The smallest absolute Gasteiger partial charge is 0.212 e. The number of halogens is 1. The zero-order chi connectivity index (χ0) is 18.3. The van der Waals surface area contributed by atoms with Crippen LogP contribution in [0.2, 0.25) is 0 Å². The summed E-state index contributed by atoms with van der Waals surface area (Å²) in [7, 11) is 1.57. The van der Waals surface area contributed by atoms with Crippen LogP contribution in [0, 0.1) is 11.7 Å². The summed E-state index contributed by atoms with van der Waals surface area (Å²) < 4.78 is 25.8. The fourth-order valence-electron chi connectivity index (χ4n) is 3.71. The number of benzene rings is 1. The van der Waals surface area contributed by atoms with Crippen LogP contribution in [-0.4, -0.2) is 35.7 Å². The molecule has 2 aliphatic heterocycles. The highest BCUT2D eigenvalue weighted by atomic mass is 32.2. The second-order valence-corrected chi connectivity index (χ2v) is 7.63. The number of hydrogen-bond donors (Lipinski definition) is 1. The molecule has 3 atom stereocenters. The monoisotopic (exact) mass is 373 g/mol. The number of nitrogens with two attached hydrogens (primary N) is 1. The van der Waals surface area contributed by atoms with Crippen molar-refractivity contribution in [3.05, 3.63) is 47.9 Å². The molecule has 5 nitrogen and oxygen atoms in total. The largest absolute Gasteiger partial charge is 0.481 e. The summed E-state index contributed by atoms with van der Waals surface area (Å²) in [5.41, 5.74) is 7.52. The first-order valence-electron chi connectivity index (χ1n) is 8.43. The first-order chi connectivity index (χ1) is 12.5. The highest BCUT2D eigenvalue weighted by Crippen LogP contribution is 2.48. The molecule has 1 fully saturated rings. The van der Waals surface area contributed by atoms with E-state index in [-0.39, 0.29) is 17.8 Å². The number of amidine groups is 1. The number of hydrogen-bond acceptors (Lipinski definition) is 6. The van der Waals surface area contributed by atoms with Gasteiger partial charge in [0.05, 0.1) is 19.8 Å². The average molecular weight is 373 g/mol. The highest BCUT2D eigenvalue weighted by molar-refractivity contribution is 8.13. The number of ether oxygens (including phenoxy) is 2. The molecule has 0 unspecified atom stereocenters. The van der Waals surface area contributed by atoms with Gasteiger partial charge in [0, 0.05) is 35.1 Å². The minimum atomic E-state index is -0.769. The van der Waals surface area contributed by atoms with E-state index in [9.17, 15) is 4.39 Å². The van der Waals surface area contributed by atoms with Crippen molar-refractivity contribution < 1.29 is 13.9 Å². The zero-order valence-corrected chi connectivity index (χ0v) is 15.4. The summed E-state index contributed by atoms with van der Waals surface area (Å²) in [6, 6.07) is 8.77. The third-order valence-corrected chi connectivity index (χ3v) is 6.09. The van der Waals surface area contributed by atoms with Gasteiger partial charge in [-0.05, 0) is 30.7 Å². The average Bonchev–Trinajstić information content (AvgIpc) is 2.99. The summed E-state index contributed by atoms with van der Waals surface area (Å²) in [5.74, 6) is 1.10. The molecule has 0 saturated carbocycles. The summed E-state index contributed by atoms with van der Waals surface area (Å²) in [6.45, 7) is 2.35. The van der Waals surface area contributed by atoms with Crippen molar-refractivity contribution in [3.8, 4) is 17.0 Å². The van der Waals surface area contributed by atoms with Crippen molar-refractivity contribution in [3.63, 3.8) is 0 Å². The van der Waals surface area contributed by atoms with Crippen molar-refractivity contribution in [2.24, 2.45) is 16.6 Å². The van der Waals surface area contributed by atoms with E-state index in [4.69, 9.17) is 15.2 Å². The lowest BCUT2D eigenvalue weighted by Gasteiger charge is -2.35. The normalized spacial score (nSPS) is 27.7. The maximum absolute atomic E-state index is 14.9. The van der Waals surface area contributed by atoms with Gasteiger partial charge in [0.2, 0.25) is 5.88 Å². The fourth-order valence-corrected chi connectivity index (χ4v) is 4.83. The van der Waals surface area contributed by atoms with Gasteiger partial charge >= 0.3 is 0 Å². The predicted octanol–water partition coefficient (Wildman–Crippen LogP) is 3.19. The number of pyridine rings is 1. The van der Waals surface area contributed by atoms with E-state index in [0.717, 1.165) is 16.9 Å². The third kappa shape index (κ3) is 2.75. The Morgan fingerprint density at radius 3 is 2.85 bits per heavy atom. The molecule has 26 heavy (non-hydrogen) atoms. The molecule has 3 heterocycles. The van der Waals surface area contributed by atoms with Gasteiger partial charge in [-0.15, -0.1) is 0 Å². The van der Waals surface area contributed by atoms with Gasteiger partial charge in [-0.25, -0.2) is 14.4 Å². The maximum atomic E-state index is 14.9. The molecule has 2 aromatic rings. The Balaban J connectivity index is 1.82. The Bertz CT molecular complexity index is 858. The predicted molar refractivity (Wildman–Crippen MR) is 101 cm³/mol. The number of rotatable bonds is 3. The lowest BCUT2D eigenvalue weighted by atomic mass is 9.78. The summed E-state index contributed by atoms with van der Waals surface area (Å²) in [5, 5.41) is 0.481. The summed E-state index contributed by atoms with van der Waals surface area (Å²) in [4.78, 5) is 8.91. The Morgan fingerprint density at radius 1 is 1.31 bits per heavy atom. The molecule has 2 N–H and O–H groups in total. The molecule has 1 saturated heterocycles. The van der Waals surface area contributed by atoms with Gasteiger partial charge in [-0.2, -0.15) is 0 Å².